The second-order valence-corrected chi connectivity index (χ2v) is 6.24. The molecule has 0 bridgehead atoms. The number of sulfonamides is 1. The number of nitriles is 2. The Bertz CT molecular complexity index is 638. The molecular weight excluding hydrogens is 262 g/mol. The molecule has 1 fully saturated rings. The van der Waals surface area contributed by atoms with Gasteiger partial charge < -0.3 is 0 Å². The molecule has 19 heavy (non-hydrogen) atoms. The van der Waals surface area contributed by atoms with Crippen molar-refractivity contribution in [2.45, 2.75) is 30.2 Å². The minimum Gasteiger partial charge on any atom is -0.207 e. The molecule has 1 saturated carbocycles. The van der Waals surface area contributed by atoms with E-state index in [1.165, 1.54) is 24.3 Å². The van der Waals surface area contributed by atoms with Crippen LogP contribution in [0.4, 0.5) is 0 Å². The van der Waals surface area contributed by atoms with Crippen LogP contribution in [-0.4, -0.2) is 14.5 Å². The zero-order chi connectivity index (χ0) is 13.9. The molecule has 1 aliphatic rings. The highest BCUT2D eigenvalue weighted by atomic mass is 32.2. The number of hydrogen-bond donors (Lipinski definition) is 1. The Labute approximate surface area is 112 Å². The van der Waals surface area contributed by atoms with Crippen LogP contribution in [0.25, 0.3) is 0 Å². The van der Waals surface area contributed by atoms with Gasteiger partial charge in [-0.05, 0) is 37.1 Å². The predicted octanol–water partition coefficient (Wildman–Crippen LogP) is 1.53. The molecule has 2 unspecified atom stereocenters. The minimum absolute atomic E-state index is 0.120. The summed E-state index contributed by atoms with van der Waals surface area (Å²) in [5.41, 5.74) is 0.412. The summed E-state index contributed by atoms with van der Waals surface area (Å²) >= 11 is 0. The van der Waals surface area contributed by atoms with Gasteiger partial charge in [0.05, 0.1) is 28.5 Å². The first-order valence-corrected chi connectivity index (χ1v) is 7.47. The average Bonchev–Trinajstić information content (AvgIpc) is 2.85. The van der Waals surface area contributed by atoms with E-state index in [1.54, 1.807) is 0 Å². The molecule has 0 spiro atoms. The number of rotatable bonds is 3. The number of nitrogens with zero attached hydrogens (tertiary/aromatic N) is 2. The Hall–Kier alpha value is -1.89. The molecule has 6 heteroatoms. The van der Waals surface area contributed by atoms with Crippen LogP contribution in [0.1, 0.15) is 24.8 Å². The SMILES string of the molecule is N#Cc1ccc(S(=O)(=O)NC2CCCC2C#N)cc1. The first kappa shape index (κ1) is 13.5. The topological polar surface area (TPSA) is 93.8 Å². The summed E-state index contributed by atoms with van der Waals surface area (Å²) < 4.78 is 26.9. The van der Waals surface area contributed by atoms with Gasteiger partial charge in [-0.2, -0.15) is 10.5 Å². The van der Waals surface area contributed by atoms with Crippen LogP contribution < -0.4 is 4.72 Å². The second kappa shape index (κ2) is 5.40. The third-order valence-electron chi connectivity index (χ3n) is 3.28. The summed E-state index contributed by atoms with van der Waals surface area (Å²) in [6.45, 7) is 0. The molecular formula is C13H13N3O2S. The molecule has 2 rings (SSSR count). The van der Waals surface area contributed by atoms with Crippen LogP contribution >= 0.6 is 0 Å². The van der Waals surface area contributed by atoms with E-state index in [4.69, 9.17) is 10.5 Å². The van der Waals surface area contributed by atoms with E-state index in [1.807, 2.05) is 6.07 Å². The first-order chi connectivity index (χ1) is 9.06. The monoisotopic (exact) mass is 275 g/mol. The number of nitrogens with one attached hydrogen (secondary N) is 1. The minimum atomic E-state index is -3.62. The fraction of sp³-hybridized carbons (Fsp3) is 0.385. The molecule has 1 aliphatic carbocycles. The second-order valence-electron chi connectivity index (χ2n) is 4.53. The molecule has 0 aromatic heterocycles. The maximum atomic E-state index is 12.1. The smallest absolute Gasteiger partial charge is 0.207 e. The molecule has 0 radical (unpaired) electrons. The Morgan fingerprint density at radius 2 is 1.84 bits per heavy atom. The summed E-state index contributed by atoms with van der Waals surface area (Å²) in [5.74, 6) is -0.256. The van der Waals surface area contributed by atoms with Crippen molar-refractivity contribution in [3.8, 4) is 12.1 Å². The fourth-order valence-electron chi connectivity index (χ4n) is 2.23. The van der Waals surface area contributed by atoms with E-state index < -0.39 is 10.0 Å². The largest absolute Gasteiger partial charge is 0.240 e. The Morgan fingerprint density at radius 3 is 2.42 bits per heavy atom. The lowest BCUT2D eigenvalue weighted by Crippen LogP contribution is -2.36. The van der Waals surface area contributed by atoms with Crippen LogP contribution in [0, 0.1) is 28.6 Å². The van der Waals surface area contributed by atoms with Crippen molar-refractivity contribution in [3.63, 3.8) is 0 Å². The van der Waals surface area contributed by atoms with E-state index in [2.05, 4.69) is 10.8 Å². The molecule has 1 aromatic carbocycles. The van der Waals surface area contributed by atoms with Crippen molar-refractivity contribution >= 4 is 10.0 Å². The van der Waals surface area contributed by atoms with E-state index in [0.717, 1.165) is 12.8 Å². The van der Waals surface area contributed by atoms with E-state index in [0.29, 0.717) is 12.0 Å². The molecule has 2 atom stereocenters. The maximum Gasteiger partial charge on any atom is 0.240 e. The van der Waals surface area contributed by atoms with Gasteiger partial charge in [0.1, 0.15) is 0 Å². The number of benzene rings is 1. The van der Waals surface area contributed by atoms with Crippen molar-refractivity contribution < 1.29 is 8.42 Å². The van der Waals surface area contributed by atoms with E-state index >= 15 is 0 Å². The highest BCUT2D eigenvalue weighted by Gasteiger charge is 2.31. The van der Waals surface area contributed by atoms with Gasteiger partial charge in [0, 0.05) is 6.04 Å². The molecule has 5 nitrogen and oxygen atoms in total. The van der Waals surface area contributed by atoms with Gasteiger partial charge in [0.2, 0.25) is 10.0 Å². The van der Waals surface area contributed by atoms with E-state index in [9.17, 15) is 8.42 Å². The van der Waals surface area contributed by atoms with Gasteiger partial charge in [-0.3, -0.25) is 0 Å². The summed E-state index contributed by atoms with van der Waals surface area (Å²) in [6.07, 6.45) is 2.28. The van der Waals surface area contributed by atoms with Gasteiger partial charge in [0.15, 0.2) is 0 Å². The van der Waals surface area contributed by atoms with Gasteiger partial charge in [-0.1, -0.05) is 6.42 Å². The van der Waals surface area contributed by atoms with Gasteiger partial charge >= 0.3 is 0 Å². The van der Waals surface area contributed by atoms with Crippen molar-refractivity contribution in [2.75, 3.05) is 0 Å². The van der Waals surface area contributed by atoms with Crippen LogP contribution in [0.15, 0.2) is 29.2 Å². The summed E-state index contributed by atoms with van der Waals surface area (Å²) in [5, 5.41) is 17.6. The molecule has 1 N–H and O–H groups in total. The zero-order valence-electron chi connectivity index (χ0n) is 10.2. The lowest BCUT2D eigenvalue weighted by Gasteiger charge is -2.15. The first-order valence-electron chi connectivity index (χ1n) is 5.99. The Balaban J connectivity index is 2.18. The molecule has 0 aliphatic heterocycles. The molecule has 1 aromatic rings. The fourth-order valence-corrected chi connectivity index (χ4v) is 3.54. The van der Waals surface area contributed by atoms with Crippen LogP contribution in [-0.2, 0) is 10.0 Å². The predicted molar refractivity (Wildman–Crippen MR) is 68.2 cm³/mol. The van der Waals surface area contributed by atoms with Crippen molar-refractivity contribution in [1.29, 1.82) is 10.5 Å². The third kappa shape index (κ3) is 2.93. The Morgan fingerprint density at radius 1 is 1.16 bits per heavy atom. The van der Waals surface area contributed by atoms with Gasteiger partial charge in [-0.25, -0.2) is 13.1 Å². The lowest BCUT2D eigenvalue weighted by atomic mass is 10.1. The van der Waals surface area contributed by atoms with Crippen LogP contribution in [0.5, 0.6) is 0 Å². The molecule has 0 heterocycles. The average molecular weight is 275 g/mol. The molecule has 0 saturated heterocycles. The number of hydrogen-bond acceptors (Lipinski definition) is 4. The summed E-state index contributed by atoms with van der Waals surface area (Å²) in [7, 11) is -3.62. The normalized spacial score (nSPS) is 22.6. The van der Waals surface area contributed by atoms with Crippen LogP contribution in [0.2, 0.25) is 0 Å². The van der Waals surface area contributed by atoms with Gasteiger partial charge in [0.25, 0.3) is 0 Å². The van der Waals surface area contributed by atoms with Crippen molar-refractivity contribution in [1.82, 2.24) is 4.72 Å². The Kier molecular flexibility index (Phi) is 3.84. The quantitative estimate of drug-likeness (QED) is 0.905. The van der Waals surface area contributed by atoms with Crippen molar-refractivity contribution in [2.24, 2.45) is 5.92 Å². The highest BCUT2D eigenvalue weighted by Crippen LogP contribution is 2.26. The van der Waals surface area contributed by atoms with Crippen molar-refractivity contribution in [3.05, 3.63) is 29.8 Å². The van der Waals surface area contributed by atoms with Crippen LogP contribution in [0.3, 0.4) is 0 Å². The molecule has 98 valence electrons. The standard InChI is InChI=1S/C13H13N3O2S/c14-8-10-4-6-12(7-5-10)19(17,18)16-13-3-1-2-11(13)9-15/h4-7,11,13,16H,1-3H2. The maximum absolute atomic E-state index is 12.1. The lowest BCUT2D eigenvalue weighted by molar-refractivity contribution is 0.515. The summed E-state index contributed by atoms with van der Waals surface area (Å²) in [6, 6.07) is 9.49. The third-order valence-corrected chi connectivity index (χ3v) is 4.79. The van der Waals surface area contributed by atoms with E-state index in [-0.39, 0.29) is 16.9 Å². The van der Waals surface area contributed by atoms with Gasteiger partial charge in [-0.15, -0.1) is 0 Å². The molecule has 0 amide bonds. The highest BCUT2D eigenvalue weighted by molar-refractivity contribution is 7.89. The zero-order valence-corrected chi connectivity index (χ0v) is 11.0. The summed E-state index contributed by atoms with van der Waals surface area (Å²) in [4.78, 5) is 0.120.